The summed E-state index contributed by atoms with van der Waals surface area (Å²) in [6.45, 7) is 0.977. The number of carbonyl (C=O) groups is 2. The topological polar surface area (TPSA) is 100 Å². The van der Waals surface area contributed by atoms with Crippen LogP contribution in [0.2, 0.25) is 5.02 Å². The first kappa shape index (κ1) is 16.3. The van der Waals surface area contributed by atoms with Crippen LogP contribution in [0.25, 0.3) is 0 Å². The Balaban J connectivity index is 1.79. The van der Waals surface area contributed by atoms with E-state index >= 15 is 0 Å². The highest BCUT2D eigenvalue weighted by Gasteiger charge is 2.18. The van der Waals surface area contributed by atoms with Crippen LogP contribution in [0.5, 0.6) is 5.75 Å². The summed E-state index contributed by atoms with van der Waals surface area (Å²) in [5, 5.41) is 16.1. The number of hydrogen-bond donors (Lipinski definition) is 3. The number of hydrogen-bond acceptors (Lipinski definition) is 5. The Kier molecular flexibility index (Phi) is 5.74. The van der Waals surface area contributed by atoms with Gasteiger partial charge in [0.05, 0.1) is 12.3 Å². The monoisotopic (exact) mass is 325 g/mol. The fourth-order valence-electron chi connectivity index (χ4n) is 1.93. The van der Waals surface area contributed by atoms with Gasteiger partial charge in [-0.3, -0.25) is 9.59 Å². The Morgan fingerprint density at radius 1 is 1.45 bits per heavy atom. The van der Waals surface area contributed by atoms with Crippen LogP contribution in [0.1, 0.15) is 18.4 Å². The number of hydrazone groups is 1. The molecule has 0 radical (unpaired) electrons. The van der Waals surface area contributed by atoms with Gasteiger partial charge in [0.1, 0.15) is 5.75 Å². The smallest absolute Gasteiger partial charge is 0.329 e. The zero-order chi connectivity index (χ0) is 15.9. The third kappa shape index (κ3) is 4.71. The first-order chi connectivity index (χ1) is 10.6. The number of phenols is 1. The molecule has 22 heavy (non-hydrogen) atoms. The molecule has 118 valence electrons. The van der Waals surface area contributed by atoms with Gasteiger partial charge in [0, 0.05) is 23.7 Å². The fourth-order valence-corrected chi connectivity index (χ4v) is 2.11. The quantitative estimate of drug-likeness (QED) is 0.433. The van der Waals surface area contributed by atoms with Crippen LogP contribution in [0.15, 0.2) is 23.3 Å². The second-order valence-corrected chi connectivity index (χ2v) is 5.18. The number of nitrogens with zero attached hydrogens (tertiary/aromatic N) is 1. The molecule has 2 amide bonds. The number of amides is 2. The number of phenolic OH excluding ortho intramolecular Hbond substituents is 1. The van der Waals surface area contributed by atoms with Crippen molar-refractivity contribution in [3.05, 3.63) is 28.8 Å². The van der Waals surface area contributed by atoms with Gasteiger partial charge in [-0.15, -0.1) is 0 Å². The Morgan fingerprint density at radius 3 is 3.00 bits per heavy atom. The van der Waals surface area contributed by atoms with Crippen LogP contribution in [0.4, 0.5) is 0 Å². The lowest BCUT2D eigenvalue weighted by Gasteiger charge is -2.09. The van der Waals surface area contributed by atoms with E-state index in [-0.39, 0.29) is 11.9 Å². The predicted octanol–water partition coefficient (Wildman–Crippen LogP) is 0.791. The van der Waals surface area contributed by atoms with Gasteiger partial charge < -0.3 is 15.2 Å². The minimum atomic E-state index is -0.893. The molecule has 1 atom stereocenters. The van der Waals surface area contributed by atoms with Crippen molar-refractivity contribution in [3.8, 4) is 5.75 Å². The van der Waals surface area contributed by atoms with Crippen LogP contribution in [0.3, 0.4) is 0 Å². The number of ether oxygens (including phenoxy) is 1. The minimum Gasteiger partial charge on any atom is -0.507 e. The van der Waals surface area contributed by atoms with E-state index in [1.807, 2.05) is 0 Å². The second kappa shape index (κ2) is 7.77. The van der Waals surface area contributed by atoms with Gasteiger partial charge >= 0.3 is 11.8 Å². The van der Waals surface area contributed by atoms with Crippen molar-refractivity contribution in [1.82, 2.24) is 10.7 Å². The Labute approximate surface area is 132 Å². The maximum Gasteiger partial charge on any atom is 0.329 e. The molecule has 0 bridgehead atoms. The van der Waals surface area contributed by atoms with Crippen LogP contribution in [-0.2, 0) is 14.3 Å². The number of rotatable bonds is 4. The Morgan fingerprint density at radius 2 is 2.27 bits per heavy atom. The van der Waals surface area contributed by atoms with Crippen molar-refractivity contribution < 1.29 is 19.4 Å². The SMILES string of the molecule is O=C(NCC1CCCO1)C(=O)N/N=C/c1cc(Cl)ccc1O. The number of aromatic hydroxyl groups is 1. The summed E-state index contributed by atoms with van der Waals surface area (Å²) < 4.78 is 5.33. The van der Waals surface area contributed by atoms with Crippen molar-refractivity contribution in [3.63, 3.8) is 0 Å². The van der Waals surface area contributed by atoms with Crippen molar-refractivity contribution >= 4 is 29.6 Å². The molecule has 1 unspecified atom stereocenters. The summed E-state index contributed by atoms with van der Waals surface area (Å²) in [5.41, 5.74) is 2.40. The number of nitrogens with one attached hydrogen (secondary N) is 2. The second-order valence-electron chi connectivity index (χ2n) is 4.75. The molecule has 1 aromatic rings. The molecule has 1 heterocycles. The third-order valence-corrected chi connectivity index (χ3v) is 3.31. The van der Waals surface area contributed by atoms with Gasteiger partial charge in [-0.05, 0) is 31.0 Å². The molecular formula is C14H16ClN3O4. The minimum absolute atomic E-state index is 0.0368. The summed E-state index contributed by atoms with van der Waals surface area (Å²) in [6.07, 6.45) is 2.99. The average Bonchev–Trinajstić information content (AvgIpc) is 3.01. The molecule has 1 aromatic carbocycles. The molecule has 1 aliphatic heterocycles. The number of halogens is 1. The first-order valence-corrected chi connectivity index (χ1v) is 7.15. The van der Waals surface area contributed by atoms with E-state index in [1.165, 1.54) is 24.4 Å². The fraction of sp³-hybridized carbons (Fsp3) is 0.357. The lowest BCUT2D eigenvalue weighted by atomic mass is 10.2. The lowest BCUT2D eigenvalue weighted by Crippen LogP contribution is -2.41. The zero-order valence-electron chi connectivity index (χ0n) is 11.7. The molecular weight excluding hydrogens is 310 g/mol. The first-order valence-electron chi connectivity index (χ1n) is 6.77. The van der Waals surface area contributed by atoms with Crippen molar-refractivity contribution in [2.24, 2.45) is 5.10 Å². The average molecular weight is 326 g/mol. The van der Waals surface area contributed by atoms with Gasteiger partial charge in [-0.2, -0.15) is 5.10 Å². The molecule has 8 heteroatoms. The summed E-state index contributed by atoms with van der Waals surface area (Å²) in [4.78, 5) is 23.1. The summed E-state index contributed by atoms with van der Waals surface area (Å²) >= 11 is 5.78. The molecule has 0 spiro atoms. The van der Waals surface area contributed by atoms with Crippen molar-refractivity contribution in [2.45, 2.75) is 18.9 Å². The molecule has 0 aliphatic carbocycles. The van der Waals surface area contributed by atoms with Crippen LogP contribution < -0.4 is 10.7 Å². The largest absolute Gasteiger partial charge is 0.507 e. The zero-order valence-corrected chi connectivity index (χ0v) is 12.5. The van der Waals surface area contributed by atoms with Crippen LogP contribution in [-0.4, -0.2) is 42.4 Å². The standard InChI is InChI=1S/C14H16ClN3O4/c15-10-3-4-12(19)9(6-10)7-17-18-14(21)13(20)16-8-11-2-1-5-22-11/h3-4,6-7,11,19H,1-2,5,8H2,(H,16,20)(H,18,21)/b17-7+. The van der Waals surface area contributed by atoms with E-state index in [4.69, 9.17) is 16.3 Å². The summed E-state index contributed by atoms with van der Waals surface area (Å²) in [5.74, 6) is -1.72. The maximum absolute atomic E-state index is 11.5. The van der Waals surface area contributed by atoms with Crippen LogP contribution in [0, 0.1) is 0 Å². The Bertz CT molecular complexity index is 585. The molecule has 3 N–H and O–H groups in total. The molecule has 1 fully saturated rings. The van der Waals surface area contributed by atoms with Crippen LogP contribution >= 0.6 is 11.6 Å². The number of benzene rings is 1. The summed E-state index contributed by atoms with van der Waals surface area (Å²) in [6, 6.07) is 4.40. The molecule has 1 aliphatic rings. The highest BCUT2D eigenvalue weighted by Crippen LogP contribution is 2.19. The maximum atomic E-state index is 11.5. The van der Waals surface area contributed by atoms with E-state index in [9.17, 15) is 14.7 Å². The van der Waals surface area contributed by atoms with E-state index in [0.717, 1.165) is 12.8 Å². The van der Waals surface area contributed by atoms with E-state index in [1.54, 1.807) is 0 Å². The van der Waals surface area contributed by atoms with Gasteiger partial charge in [0.25, 0.3) is 0 Å². The van der Waals surface area contributed by atoms with Gasteiger partial charge in [0.2, 0.25) is 0 Å². The molecule has 7 nitrogen and oxygen atoms in total. The van der Waals surface area contributed by atoms with Gasteiger partial charge in [-0.1, -0.05) is 11.6 Å². The van der Waals surface area contributed by atoms with E-state index < -0.39 is 11.8 Å². The van der Waals surface area contributed by atoms with E-state index in [2.05, 4.69) is 15.8 Å². The van der Waals surface area contributed by atoms with Gasteiger partial charge in [-0.25, -0.2) is 5.43 Å². The number of carbonyl (C=O) groups excluding carboxylic acids is 2. The highest BCUT2D eigenvalue weighted by atomic mass is 35.5. The molecule has 2 rings (SSSR count). The Hall–Kier alpha value is -2.12. The molecule has 1 saturated heterocycles. The molecule has 0 aromatic heterocycles. The lowest BCUT2D eigenvalue weighted by molar-refractivity contribution is -0.139. The normalized spacial score (nSPS) is 17.6. The van der Waals surface area contributed by atoms with Crippen molar-refractivity contribution in [1.29, 1.82) is 0 Å². The summed E-state index contributed by atoms with van der Waals surface area (Å²) in [7, 11) is 0. The van der Waals surface area contributed by atoms with Gasteiger partial charge in [0.15, 0.2) is 0 Å². The van der Waals surface area contributed by atoms with E-state index in [0.29, 0.717) is 23.7 Å². The molecule has 0 saturated carbocycles. The van der Waals surface area contributed by atoms with Crippen molar-refractivity contribution in [2.75, 3.05) is 13.2 Å². The third-order valence-electron chi connectivity index (χ3n) is 3.08. The highest BCUT2D eigenvalue weighted by molar-refractivity contribution is 6.35. The predicted molar refractivity (Wildman–Crippen MR) is 80.8 cm³/mol.